The van der Waals surface area contributed by atoms with Gasteiger partial charge in [0.25, 0.3) is 5.91 Å². The maximum absolute atomic E-state index is 12.2. The molecule has 1 amide bonds. The Morgan fingerprint density at radius 1 is 1.04 bits per heavy atom. The number of nitrogens with zero attached hydrogens (tertiary/aromatic N) is 3. The van der Waals surface area contributed by atoms with Gasteiger partial charge in [0.1, 0.15) is 11.5 Å². The minimum Gasteiger partial charge on any atom is -0.339 e. The quantitative estimate of drug-likeness (QED) is 0.695. The number of hydrogen-bond acceptors (Lipinski definition) is 5. The summed E-state index contributed by atoms with van der Waals surface area (Å²) >= 11 is 3.35. The third kappa shape index (κ3) is 4.40. The zero-order chi connectivity index (χ0) is 17.6. The minimum absolute atomic E-state index is 0.205. The second-order valence-electron chi connectivity index (χ2n) is 5.07. The first kappa shape index (κ1) is 16.6. The molecule has 25 heavy (non-hydrogen) atoms. The van der Waals surface area contributed by atoms with Gasteiger partial charge in [-0.2, -0.15) is 5.26 Å². The number of amides is 1. The Morgan fingerprint density at radius 3 is 2.56 bits per heavy atom. The van der Waals surface area contributed by atoms with Gasteiger partial charge in [-0.15, -0.1) is 0 Å². The third-order valence-electron chi connectivity index (χ3n) is 3.23. The van der Waals surface area contributed by atoms with E-state index < -0.39 is 0 Å². The maximum atomic E-state index is 12.2. The van der Waals surface area contributed by atoms with Crippen LogP contribution in [0.3, 0.4) is 0 Å². The summed E-state index contributed by atoms with van der Waals surface area (Å²) in [5, 5.41) is 14.7. The smallest absolute Gasteiger partial charge is 0.275 e. The summed E-state index contributed by atoms with van der Waals surface area (Å²) in [5.74, 6) is 0.137. The molecule has 3 aromatic rings. The lowest BCUT2D eigenvalue weighted by atomic mass is 10.2. The lowest BCUT2D eigenvalue weighted by Gasteiger charge is -2.07. The van der Waals surface area contributed by atoms with Crippen LogP contribution in [-0.2, 0) is 0 Å². The van der Waals surface area contributed by atoms with E-state index in [0.29, 0.717) is 17.1 Å². The van der Waals surface area contributed by atoms with Crippen molar-refractivity contribution in [3.63, 3.8) is 0 Å². The molecule has 0 radical (unpaired) electrons. The van der Waals surface area contributed by atoms with Crippen molar-refractivity contribution in [3.8, 4) is 6.07 Å². The zero-order valence-corrected chi connectivity index (χ0v) is 14.5. The molecule has 0 bridgehead atoms. The van der Waals surface area contributed by atoms with E-state index in [1.807, 2.05) is 18.2 Å². The normalized spacial score (nSPS) is 9.92. The molecule has 2 aromatic carbocycles. The highest BCUT2D eigenvalue weighted by atomic mass is 79.9. The summed E-state index contributed by atoms with van der Waals surface area (Å²) in [4.78, 5) is 20.5. The molecule has 0 saturated heterocycles. The molecular formula is C18H12BrN5O. The van der Waals surface area contributed by atoms with Crippen molar-refractivity contribution in [1.82, 2.24) is 9.97 Å². The van der Waals surface area contributed by atoms with E-state index in [9.17, 15) is 4.79 Å². The number of carbonyl (C=O) groups excluding carboxylic acids is 1. The van der Waals surface area contributed by atoms with Crippen LogP contribution >= 0.6 is 15.9 Å². The van der Waals surface area contributed by atoms with Crippen LogP contribution < -0.4 is 10.6 Å². The molecular weight excluding hydrogens is 382 g/mol. The molecule has 7 heteroatoms. The van der Waals surface area contributed by atoms with Gasteiger partial charge in [-0.25, -0.2) is 9.97 Å². The third-order valence-corrected chi connectivity index (χ3v) is 3.72. The highest BCUT2D eigenvalue weighted by Crippen LogP contribution is 2.17. The zero-order valence-electron chi connectivity index (χ0n) is 12.9. The number of hydrogen-bond donors (Lipinski definition) is 2. The van der Waals surface area contributed by atoms with Crippen molar-refractivity contribution in [2.45, 2.75) is 0 Å². The Labute approximate surface area is 152 Å². The summed E-state index contributed by atoms with van der Waals surface area (Å²) < 4.78 is 0.871. The predicted octanol–water partition coefficient (Wildman–Crippen LogP) is 4.11. The largest absolute Gasteiger partial charge is 0.339 e. The van der Waals surface area contributed by atoms with Crippen molar-refractivity contribution in [2.75, 3.05) is 10.6 Å². The van der Waals surface area contributed by atoms with Crippen LogP contribution in [0.2, 0.25) is 0 Å². The van der Waals surface area contributed by atoms with Gasteiger partial charge < -0.3 is 10.6 Å². The van der Waals surface area contributed by atoms with Crippen molar-refractivity contribution in [1.29, 1.82) is 5.26 Å². The number of halogens is 1. The summed E-state index contributed by atoms with van der Waals surface area (Å²) in [6.07, 6.45) is 2.86. The Bertz CT molecular complexity index is 950. The molecule has 2 N–H and O–H groups in total. The van der Waals surface area contributed by atoms with E-state index in [0.717, 1.165) is 10.2 Å². The Morgan fingerprint density at radius 2 is 1.84 bits per heavy atom. The molecule has 3 rings (SSSR count). The number of rotatable bonds is 4. The van der Waals surface area contributed by atoms with Crippen LogP contribution in [0, 0.1) is 11.3 Å². The van der Waals surface area contributed by atoms with E-state index >= 15 is 0 Å². The van der Waals surface area contributed by atoms with Crippen molar-refractivity contribution < 1.29 is 4.79 Å². The average Bonchev–Trinajstić information content (AvgIpc) is 2.62. The summed E-state index contributed by atoms with van der Waals surface area (Å²) in [7, 11) is 0. The number of nitrogens with one attached hydrogen (secondary N) is 2. The van der Waals surface area contributed by atoms with Crippen molar-refractivity contribution >= 4 is 39.0 Å². The first-order chi connectivity index (χ1) is 12.1. The Balaban J connectivity index is 1.69. The molecule has 0 aliphatic heterocycles. The fourth-order valence-electron chi connectivity index (χ4n) is 2.09. The molecule has 0 fully saturated rings. The van der Waals surface area contributed by atoms with Crippen LogP contribution in [0.1, 0.15) is 16.1 Å². The van der Waals surface area contributed by atoms with E-state index in [4.69, 9.17) is 5.26 Å². The van der Waals surface area contributed by atoms with Gasteiger partial charge in [0.15, 0.2) is 0 Å². The molecule has 0 spiro atoms. The Kier molecular flexibility index (Phi) is 5.02. The number of benzene rings is 2. The molecule has 1 aromatic heterocycles. The van der Waals surface area contributed by atoms with Gasteiger partial charge in [0.2, 0.25) is 0 Å². The number of nitriles is 1. The fraction of sp³-hybridized carbons (Fsp3) is 0. The van der Waals surface area contributed by atoms with E-state index in [2.05, 4.69) is 42.6 Å². The van der Waals surface area contributed by atoms with Gasteiger partial charge >= 0.3 is 0 Å². The first-order valence-electron chi connectivity index (χ1n) is 7.30. The van der Waals surface area contributed by atoms with Crippen LogP contribution in [0.5, 0.6) is 0 Å². The lowest BCUT2D eigenvalue weighted by Crippen LogP contribution is -2.14. The molecule has 0 aliphatic rings. The van der Waals surface area contributed by atoms with E-state index in [-0.39, 0.29) is 11.6 Å². The summed E-state index contributed by atoms with van der Waals surface area (Å²) in [6.45, 7) is 0. The van der Waals surface area contributed by atoms with Gasteiger partial charge in [-0.1, -0.05) is 28.1 Å². The van der Waals surface area contributed by atoms with Crippen LogP contribution in [-0.4, -0.2) is 15.9 Å². The number of anilines is 3. The fourth-order valence-corrected chi connectivity index (χ4v) is 2.48. The molecule has 6 nitrogen and oxygen atoms in total. The van der Waals surface area contributed by atoms with Crippen molar-refractivity contribution in [2.24, 2.45) is 0 Å². The molecule has 0 saturated carbocycles. The minimum atomic E-state index is -0.344. The standard InChI is InChI=1S/C18H12BrN5O/c19-13-4-2-6-15(8-13)24-18(25)16-10-22-17(11-21-16)23-14-5-1-3-12(7-14)9-20/h1-8,10-11H,(H,22,23)(H,24,25). The van der Waals surface area contributed by atoms with E-state index in [1.54, 1.807) is 30.3 Å². The molecule has 0 aliphatic carbocycles. The summed E-state index contributed by atoms with van der Waals surface area (Å²) in [5.41, 5.74) is 2.13. The molecule has 1 heterocycles. The van der Waals surface area contributed by atoms with Crippen LogP contribution in [0.4, 0.5) is 17.2 Å². The second-order valence-corrected chi connectivity index (χ2v) is 5.98. The number of carbonyl (C=O) groups is 1. The van der Waals surface area contributed by atoms with Crippen LogP contribution in [0.25, 0.3) is 0 Å². The van der Waals surface area contributed by atoms with Crippen LogP contribution in [0.15, 0.2) is 65.4 Å². The molecule has 0 unspecified atom stereocenters. The van der Waals surface area contributed by atoms with Gasteiger partial charge in [-0.05, 0) is 36.4 Å². The first-order valence-corrected chi connectivity index (χ1v) is 8.09. The van der Waals surface area contributed by atoms with Gasteiger partial charge in [0, 0.05) is 15.8 Å². The average molecular weight is 394 g/mol. The number of aromatic nitrogens is 2. The molecule has 122 valence electrons. The highest BCUT2D eigenvalue weighted by molar-refractivity contribution is 9.10. The topological polar surface area (TPSA) is 90.7 Å². The summed E-state index contributed by atoms with van der Waals surface area (Å²) in [6, 6.07) is 16.4. The SMILES string of the molecule is N#Cc1cccc(Nc2cnc(C(=O)Nc3cccc(Br)c3)cn2)c1. The molecule has 0 atom stereocenters. The Hall–Kier alpha value is -3.24. The second kappa shape index (κ2) is 7.55. The predicted molar refractivity (Wildman–Crippen MR) is 98.6 cm³/mol. The van der Waals surface area contributed by atoms with Crippen molar-refractivity contribution in [3.05, 3.63) is 76.7 Å². The van der Waals surface area contributed by atoms with Gasteiger partial charge in [0.05, 0.1) is 24.0 Å². The maximum Gasteiger partial charge on any atom is 0.275 e. The lowest BCUT2D eigenvalue weighted by molar-refractivity contribution is 0.102. The van der Waals surface area contributed by atoms with E-state index in [1.165, 1.54) is 12.4 Å². The highest BCUT2D eigenvalue weighted by Gasteiger charge is 2.09. The van der Waals surface area contributed by atoms with Gasteiger partial charge in [-0.3, -0.25) is 4.79 Å². The monoisotopic (exact) mass is 393 g/mol.